The third-order valence-electron chi connectivity index (χ3n) is 4.94. The summed E-state index contributed by atoms with van der Waals surface area (Å²) in [6.45, 7) is 5.87. The quantitative estimate of drug-likeness (QED) is 0.912. The Hall–Kier alpha value is -2.58. The van der Waals surface area contributed by atoms with E-state index < -0.39 is 0 Å². The molecule has 2 heterocycles. The summed E-state index contributed by atoms with van der Waals surface area (Å²) in [5, 5.41) is 11.9. The molecule has 5 nitrogen and oxygen atoms in total. The number of aromatic nitrogens is 1. The molecule has 0 aliphatic carbocycles. The molecule has 2 aromatic rings. The zero-order chi connectivity index (χ0) is 17.8. The Labute approximate surface area is 148 Å². The molecule has 25 heavy (non-hydrogen) atoms. The number of rotatable bonds is 5. The van der Waals surface area contributed by atoms with Crippen LogP contribution in [0.25, 0.3) is 0 Å². The number of aryl methyl sites for hydroxylation is 2. The van der Waals surface area contributed by atoms with Crippen LogP contribution >= 0.6 is 0 Å². The van der Waals surface area contributed by atoms with Gasteiger partial charge in [-0.2, -0.15) is 5.26 Å². The average Bonchev–Trinajstić information content (AvgIpc) is 3.21. The van der Waals surface area contributed by atoms with E-state index in [1.807, 2.05) is 0 Å². The predicted molar refractivity (Wildman–Crippen MR) is 97.0 cm³/mol. The molecule has 1 aromatic heterocycles. The maximum atomic E-state index is 12.3. The third-order valence-corrected chi connectivity index (χ3v) is 4.94. The molecule has 0 saturated carbocycles. The summed E-state index contributed by atoms with van der Waals surface area (Å²) < 4.78 is 1.70. The number of carbonyl (C=O) groups excluding carboxylic acids is 1. The fourth-order valence-corrected chi connectivity index (χ4v) is 3.43. The molecule has 1 aliphatic rings. The minimum absolute atomic E-state index is 0.110. The minimum atomic E-state index is -0.110. The Morgan fingerprint density at radius 2 is 2.20 bits per heavy atom. The van der Waals surface area contributed by atoms with Gasteiger partial charge in [-0.1, -0.05) is 24.3 Å². The lowest BCUT2D eigenvalue weighted by Crippen LogP contribution is -2.32. The van der Waals surface area contributed by atoms with Crippen molar-refractivity contribution < 1.29 is 4.79 Å². The van der Waals surface area contributed by atoms with Crippen molar-refractivity contribution in [1.82, 2.24) is 14.8 Å². The van der Waals surface area contributed by atoms with E-state index in [0.717, 1.165) is 26.1 Å². The lowest BCUT2D eigenvalue weighted by Gasteiger charge is -2.17. The summed E-state index contributed by atoms with van der Waals surface area (Å²) in [5.41, 5.74) is 3.75. The van der Waals surface area contributed by atoms with Gasteiger partial charge in [-0.25, -0.2) is 0 Å². The number of likely N-dealkylation sites (tertiary alicyclic amines) is 1. The smallest absolute Gasteiger partial charge is 0.267 e. The number of nitrogens with zero attached hydrogens (tertiary/aromatic N) is 3. The van der Waals surface area contributed by atoms with Gasteiger partial charge < -0.3 is 9.88 Å². The minimum Gasteiger partial charge on any atom is -0.350 e. The molecule has 1 saturated heterocycles. The molecule has 1 unspecified atom stereocenters. The number of amides is 1. The second kappa shape index (κ2) is 7.54. The van der Waals surface area contributed by atoms with Crippen LogP contribution in [0.2, 0.25) is 0 Å². The summed E-state index contributed by atoms with van der Waals surface area (Å²) >= 11 is 0. The topological polar surface area (TPSA) is 61.1 Å². The average molecular weight is 336 g/mol. The number of hydrogen-bond acceptors (Lipinski definition) is 3. The molecule has 5 heteroatoms. The maximum absolute atomic E-state index is 12.3. The van der Waals surface area contributed by atoms with Crippen LogP contribution in [0.5, 0.6) is 0 Å². The van der Waals surface area contributed by atoms with Crippen LogP contribution in [-0.4, -0.2) is 35.0 Å². The van der Waals surface area contributed by atoms with Crippen molar-refractivity contribution in [3.63, 3.8) is 0 Å². The normalized spacial score (nSPS) is 17.4. The summed E-state index contributed by atoms with van der Waals surface area (Å²) in [4.78, 5) is 14.8. The Morgan fingerprint density at radius 3 is 2.92 bits per heavy atom. The van der Waals surface area contributed by atoms with Gasteiger partial charge in [-0.3, -0.25) is 9.69 Å². The first-order valence-electron chi connectivity index (χ1n) is 8.68. The van der Waals surface area contributed by atoms with Crippen LogP contribution in [0.3, 0.4) is 0 Å². The standard InChI is InChI=1S/C20H24N4O/c1-15-5-3-4-6-18(15)14-24-8-7-16(13-24)11-22-20(25)19-9-17(10-21)12-23(19)2/h3-6,9,12,16H,7-8,11,13-14H2,1-2H3,(H,22,25). The predicted octanol–water partition coefficient (Wildman–Crippen LogP) is 2.46. The highest BCUT2D eigenvalue weighted by molar-refractivity contribution is 5.93. The highest BCUT2D eigenvalue weighted by Gasteiger charge is 2.23. The molecule has 1 atom stereocenters. The van der Waals surface area contributed by atoms with Gasteiger partial charge in [-0.05, 0) is 43.0 Å². The zero-order valence-corrected chi connectivity index (χ0v) is 14.8. The third kappa shape index (κ3) is 4.09. The molecule has 3 rings (SSSR count). The fraction of sp³-hybridized carbons (Fsp3) is 0.400. The molecule has 130 valence electrons. The highest BCUT2D eigenvalue weighted by Crippen LogP contribution is 2.19. The van der Waals surface area contributed by atoms with E-state index in [1.165, 1.54) is 11.1 Å². The summed E-state index contributed by atoms with van der Waals surface area (Å²) in [5.74, 6) is 0.366. The first kappa shape index (κ1) is 17.2. The van der Waals surface area contributed by atoms with Crippen LogP contribution < -0.4 is 5.32 Å². The largest absolute Gasteiger partial charge is 0.350 e. The van der Waals surface area contributed by atoms with Crippen molar-refractivity contribution in [2.75, 3.05) is 19.6 Å². The van der Waals surface area contributed by atoms with Crippen LogP contribution in [-0.2, 0) is 13.6 Å². The zero-order valence-electron chi connectivity index (χ0n) is 14.8. The van der Waals surface area contributed by atoms with Gasteiger partial charge in [0.2, 0.25) is 0 Å². The van der Waals surface area contributed by atoms with Crippen LogP contribution in [0, 0.1) is 24.2 Å². The van der Waals surface area contributed by atoms with Crippen molar-refractivity contribution in [2.45, 2.75) is 19.9 Å². The van der Waals surface area contributed by atoms with E-state index in [9.17, 15) is 4.79 Å². The van der Waals surface area contributed by atoms with E-state index in [0.29, 0.717) is 23.7 Å². The van der Waals surface area contributed by atoms with Crippen molar-refractivity contribution in [3.8, 4) is 6.07 Å². The lowest BCUT2D eigenvalue weighted by molar-refractivity contribution is 0.0939. The number of nitrogens with one attached hydrogen (secondary N) is 1. The van der Waals surface area contributed by atoms with E-state index in [1.54, 1.807) is 23.9 Å². The van der Waals surface area contributed by atoms with Gasteiger partial charge in [0.25, 0.3) is 5.91 Å². The van der Waals surface area contributed by atoms with Crippen LogP contribution in [0.1, 0.15) is 33.6 Å². The Morgan fingerprint density at radius 1 is 1.40 bits per heavy atom. The van der Waals surface area contributed by atoms with Gasteiger partial charge in [0.1, 0.15) is 11.8 Å². The molecule has 1 N–H and O–H groups in total. The van der Waals surface area contributed by atoms with Crippen molar-refractivity contribution >= 4 is 5.91 Å². The second-order valence-corrected chi connectivity index (χ2v) is 6.86. The second-order valence-electron chi connectivity index (χ2n) is 6.86. The van der Waals surface area contributed by atoms with E-state index >= 15 is 0 Å². The van der Waals surface area contributed by atoms with Crippen LogP contribution in [0.15, 0.2) is 36.5 Å². The van der Waals surface area contributed by atoms with E-state index in [4.69, 9.17) is 5.26 Å². The number of hydrogen-bond donors (Lipinski definition) is 1. The Kier molecular flexibility index (Phi) is 5.20. The number of nitriles is 1. The van der Waals surface area contributed by atoms with Gasteiger partial charge in [0.15, 0.2) is 0 Å². The van der Waals surface area contributed by atoms with Gasteiger partial charge in [-0.15, -0.1) is 0 Å². The molecule has 1 amide bonds. The molecule has 0 bridgehead atoms. The summed E-state index contributed by atoms with van der Waals surface area (Å²) in [6, 6.07) is 12.2. The molecular formula is C20H24N4O. The summed E-state index contributed by atoms with van der Waals surface area (Å²) in [6.07, 6.45) is 2.77. The van der Waals surface area contributed by atoms with Crippen molar-refractivity contribution in [3.05, 3.63) is 58.9 Å². The SMILES string of the molecule is Cc1ccccc1CN1CCC(CNC(=O)c2cc(C#N)cn2C)C1. The lowest BCUT2D eigenvalue weighted by atomic mass is 10.1. The maximum Gasteiger partial charge on any atom is 0.267 e. The van der Waals surface area contributed by atoms with Gasteiger partial charge >= 0.3 is 0 Å². The van der Waals surface area contributed by atoms with Gasteiger partial charge in [0, 0.05) is 32.9 Å². The number of carbonyl (C=O) groups is 1. The van der Waals surface area contributed by atoms with Crippen molar-refractivity contribution in [2.24, 2.45) is 13.0 Å². The molecule has 0 radical (unpaired) electrons. The molecular weight excluding hydrogens is 312 g/mol. The molecule has 1 aliphatic heterocycles. The summed E-state index contributed by atoms with van der Waals surface area (Å²) in [7, 11) is 1.79. The van der Waals surface area contributed by atoms with Gasteiger partial charge in [0.05, 0.1) is 5.56 Å². The number of benzene rings is 1. The Balaban J connectivity index is 1.50. The van der Waals surface area contributed by atoms with E-state index in [-0.39, 0.29) is 5.91 Å². The first-order chi connectivity index (χ1) is 12.1. The Bertz CT molecular complexity index is 802. The molecule has 0 spiro atoms. The van der Waals surface area contributed by atoms with Crippen molar-refractivity contribution in [1.29, 1.82) is 5.26 Å². The molecule has 1 fully saturated rings. The van der Waals surface area contributed by atoms with Crippen LogP contribution in [0.4, 0.5) is 0 Å². The monoisotopic (exact) mass is 336 g/mol. The highest BCUT2D eigenvalue weighted by atomic mass is 16.1. The van der Waals surface area contributed by atoms with E-state index in [2.05, 4.69) is 47.5 Å². The molecule has 1 aromatic carbocycles. The first-order valence-corrected chi connectivity index (χ1v) is 8.68. The fourth-order valence-electron chi connectivity index (χ4n) is 3.43.